The minimum Gasteiger partial charge on any atom is -0.468 e. The van der Waals surface area contributed by atoms with Crippen molar-refractivity contribution in [1.29, 1.82) is 0 Å². The van der Waals surface area contributed by atoms with Crippen LogP contribution in [0.25, 0.3) is 0 Å². The molecular formula is C16H27NO2. The normalized spacial score (nSPS) is 34.3. The Morgan fingerprint density at radius 1 is 1.16 bits per heavy atom. The van der Waals surface area contributed by atoms with Gasteiger partial charge in [-0.3, -0.25) is 9.69 Å². The second-order valence-electron chi connectivity index (χ2n) is 6.88. The molecule has 2 bridgehead atoms. The molecule has 0 amide bonds. The van der Waals surface area contributed by atoms with Crippen LogP contribution < -0.4 is 0 Å². The monoisotopic (exact) mass is 265 g/mol. The van der Waals surface area contributed by atoms with Crippen LogP contribution in [0.15, 0.2) is 0 Å². The van der Waals surface area contributed by atoms with Crippen molar-refractivity contribution in [2.24, 2.45) is 17.8 Å². The predicted octanol–water partition coefficient (Wildman–Crippen LogP) is 2.84. The molecular weight excluding hydrogens is 238 g/mol. The highest BCUT2D eigenvalue weighted by Gasteiger charge is 2.41. The fourth-order valence-electron chi connectivity index (χ4n) is 4.74. The summed E-state index contributed by atoms with van der Waals surface area (Å²) in [4.78, 5) is 14.1. The summed E-state index contributed by atoms with van der Waals surface area (Å²) in [6.07, 6.45) is 11.0. The molecule has 0 saturated heterocycles. The Morgan fingerprint density at radius 2 is 1.95 bits per heavy atom. The standard InChI is InChI=1S/C16H27NO2/c1-19-16(18)11-17(15-4-2-3-5-15)10-14-9-12-6-7-13(14)8-12/h12-15H,2-11H2,1H3. The first-order valence-electron chi connectivity index (χ1n) is 8.07. The second kappa shape index (κ2) is 5.82. The van der Waals surface area contributed by atoms with Gasteiger partial charge in [-0.25, -0.2) is 0 Å². The van der Waals surface area contributed by atoms with Crippen LogP contribution in [0.1, 0.15) is 51.4 Å². The van der Waals surface area contributed by atoms with E-state index in [9.17, 15) is 4.79 Å². The van der Waals surface area contributed by atoms with Crippen molar-refractivity contribution < 1.29 is 9.53 Å². The quantitative estimate of drug-likeness (QED) is 0.716. The Bertz CT molecular complexity index is 325. The van der Waals surface area contributed by atoms with Crippen molar-refractivity contribution >= 4 is 5.97 Å². The Hall–Kier alpha value is -0.570. The van der Waals surface area contributed by atoms with Crippen LogP contribution in [0, 0.1) is 17.8 Å². The van der Waals surface area contributed by atoms with Crippen molar-refractivity contribution in [2.75, 3.05) is 20.2 Å². The van der Waals surface area contributed by atoms with Gasteiger partial charge < -0.3 is 4.74 Å². The molecule has 3 saturated carbocycles. The van der Waals surface area contributed by atoms with E-state index in [1.165, 1.54) is 58.5 Å². The highest BCUT2D eigenvalue weighted by atomic mass is 16.5. The maximum atomic E-state index is 11.6. The molecule has 0 spiro atoms. The van der Waals surface area contributed by atoms with E-state index < -0.39 is 0 Å². The molecule has 0 radical (unpaired) electrons. The number of carbonyl (C=O) groups is 1. The largest absolute Gasteiger partial charge is 0.468 e. The van der Waals surface area contributed by atoms with E-state index in [1.807, 2.05) is 0 Å². The van der Waals surface area contributed by atoms with E-state index in [2.05, 4.69) is 4.90 Å². The highest BCUT2D eigenvalue weighted by Crippen LogP contribution is 2.48. The average Bonchev–Trinajstić information content (AvgIpc) is 3.14. The van der Waals surface area contributed by atoms with Gasteiger partial charge in [0.05, 0.1) is 13.7 Å². The lowest BCUT2D eigenvalue weighted by Crippen LogP contribution is -2.42. The van der Waals surface area contributed by atoms with Crippen LogP contribution in [-0.2, 0) is 9.53 Å². The van der Waals surface area contributed by atoms with Crippen molar-refractivity contribution in [3.8, 4) is 0 Å². The number of hydrogen-bond donors (Lipinski definition) is 0. The summed E-state index contributed by atoms with van der Waals surface area (Å²) in [5, 5.41) is 0. The first-order valence-corrected chi connectivity index (χ1v) is 8.07. The fourth-order valence-corrected chi connectivity index (χ4v) is 4.74. The third kappa shape index (κ3) is 2.96. The van der Waals surface area contributed by atoms with Crippen LogP contribution in [-0.4, -0.2) is 37.1 Å². The minimum atomic E-state index is -0.0601. The molecule has 3 aliphatic rings. The van der Waals surface area contributed by atoms with E-state index in [-0.39, 0.29) is 5.97 Å². The Kier molecular flexibility index (Phi) is 4.11. The average molecular weight is 265 g/mol. The molecule has 3 aliphatic carbocycles. The van der Waals surface area contributed by atoms with E-state index in [0.717, 1.165) is 24.3 Å². The molecule has 19 heavy (non-hydrogen) atoms. The summed E-state index contributed by atoms with van der Waals surface area (Å²) >= 11 is 0. The molecule has 0 heterocycles. The molecule has 3 unspecified atom stereocenters. The Morgan fingerprint density at radius 3 is 2.53 bits per heavy atom. The van der Waals surface area contributed by atoms with Crippen molar-refractivity contribution in [3.63, 3.8) is 0 Å². The van der Waals surface area contributed by atoms with Crippen LogP contribution in [0.5, 0.6) is 0 Å². The maximum absolute atomic E-state index is 11.6. The summed E-state index contributed by atoms with van der Waals surface area (Å²) in [7, 11) is 1.51. The van der Waals surface area contributed by atoms with Gasteiger partial charge >= 0.3 is 5.97 Å². The molecule has 0 aromatic carbocycles. The first-order chi connectivity index (χ1) is 9.26. The van der Waals surface area contributed by atoms with Gasteiger partial charge in [0.2, 0.25) is 0 Å². The van der Waals surface area contributed by atoms with Crippen LogP contribution in [0.3, 0.4) is 0 Å². The van der Waals surface area contributed by atoms with E-state index in [1.54, 1.807) is 0 Å². The van der Waals surface area contributed by atoms with Crippen molar-refractivity contribution in [3.05, 3.63) is 0 Å². The van der Waals surface area contributed by atoms with Crippen molar-refractivity contribution in [1.82, 2.24) is 4.90 Å². The van der Waals surface area contributed by atoms with Gasteiger partial charge in [-0.2, -0.15) is 0 Å². The number of esters is 1. The molecule has 0 N–H and O–H groups in total. The number of methoxy groups -OCH3 is 1. The lowest BCUT2D eigenvalue weighted by Gasteiger charge is -2.33. The lowest BCUT2D eigenvalue weighted by atomic mass is 9.88. The number of ether oxygens (including phenoxy) is 1. The SMILES string of the molecule is COC(=O)CN(CC1CC2CCC1C2)C1CCCC1. The number of carbonyl (C=O) groups excluding carboxylic acids is 1. The lowest BCUT2D eigenvalue weighted by molar-refractivity contribution is -0.142. The summed E-state index contributed by atoms with van der Waals surface area (Å²) in [5.41, 5.74) is 0. The van der Waals surface area contributed by atoms with Gasteiger partial charge in [-0.1, -0.05) is 19.3 Å². The number of nitrogens with zero attached hydrogens (tertiary/aromatic N) is 1. The van der Waals surface area contributed by atoms with Gasteiger partial charge in [0.15, 0.2) is 0 Å². The first kappa shape index (κ1) is 13.4. The smallest absolute Gasteiger partial charge is 0.319 e. The Balaban J connectivity index is 1.59. The van der Waals surface area contributed by atoms with E-state index in [0.29, 0.717) is 12.6 Å². The topological polar surface area (TPSA) is 29.5 Å². The third-order valence-electron chi connectivity index (χ3n) is 5.75. The van der Waals surface area contributed by atoms with Crippen LogP contribution >= 0.6 is 0 Å². The second-order valence-corrected chi connectivity index (χ2v) is 6.88. The summed E-state index contributed by atoms with van der Waals surface area (Å²) in [5.74, 6) is 2.74. The third-order valence-corrected chi connectivity index (χ3v) is 5.75. The molecule has 108 valence electrons. The molecule has 3 heteroatoms. The fraction of sp³-hybridized carbons (Fsp3) is 0.938. The number of fused-ring (bicyclic) bond motifs is 2. The zero-order valence-corrected chi connectivity index (χ0v) is 12.1. The Labute approximate surface area is 116 Å². The van der Waals surface area contributed by atoms with E-state index >= 15 is 0 Å². The molecule has 3 nitrogen and oxygen atoms in total. The summed E-state index contributed by atoms with van der Waals surface area (Å²) < 4.78 is 4.89. The summed E-state index contributed by atoms with van der Waals surface area (Å²) in [6, 6.07) is 0.637. The van der Waals surface area contributed by atoms with E-state index in [4.69, 9.17) is 4.74 Å². The zero-order chi connectivity index (χ0) is 13.2. The number of rotatable bonds is 5. The van der Waals surface area contributed by atoms with Crippen molar-refractivity contribution in [2.45, 2.75) is 57.4 Å². The zero-order valence-electron chi connectivity index (χ0n) is 12.1. The minimum absolute atomic E-state index is 0.0601. The molecule has 0 aromatic heterocycles. The van der Waals surface area contributed by atoms with Gasteiger partial charge in [0, 0.05) is 12.6 Å². The number of hydrogen-bond acceptors (Lipinski definition) is 3. The van der Waals surface area contributed by atoms with Crippen LogP contribution in [0.4, 0.5) is 0 Å². The molecule has 3 fully saturated rings. The van der Waals surface area contributed by atoms with Gasteiger partial charge in [-0.05, 0) is 49.9 Å². The van der Waals surface area contributed by atoms with Gasteiger partial charge in [0.1, 0.15) is 0 Å². The predicted molar refractivity (Wildman–Crippen MR) is 74.8 cm³/mol. The van der Waals surface area contributed by atoms with Crippen LogP contribution in [0.2, 0.25) is 0 Å². The molecule has 0 aliphatic heterocycles. The van der Waals surface area contributed by atoms with Gasteiger partial charge in [0.25, 0.3) is 0 Å². The van der Waals surface area contributed by atoms with Gasteiger partial charge in [-0.15, -0.1) is 0 Å². The summed E-state index contributed by atoms with van der Waals surface area (Å²) in [6.45, 7) is 1.65. The maximum Gasteiger partial charge on any atom is 0.319 e. The highest BCUT2D eigenvalue weighted by molar-refractivity contribution is 5.71. The molecule has 3 atom stereocenters. The molecule has 3 rings (SSSR count). The molecule has 0 aromatic rings.